The van der Waals surface area contributed by atoms with Crippen molar-refractivity contribution in [3.05, 3.63) is 65.7 Å². The van der Waals surface area contributed by atoms with Crippen LogP contribution in [-0.2, 0) is 27.3 Å². The van der Waals surface area contributed by atoms with Crippen LogP contribution in [0.2, 0.25) is 0 Å². The first-order valence-electron chi connectivity index (χ1n) is 9.22. The molecule has 0 saturated carbocycles. The molecule has 27 heavy (non-hydrogen) atoms. The molecule has 144 valence electrons. The molecule has 2 aromatic carbocycles. The Bertz CT molecular complexity index is 713. The lowest BCUT2D eigenvalue weighted by Gasteiger charge is -2.23. The number of benzene rings is 2. The number of hydrogen-bond acceptors (Lipinski definition) is 4. The number of esters is 1. The summed E-state index contributed by atoms with van der Waals surface area (Å²) in [5.41, 5.74) is 2.12. The van der Waals surface area contributed by atoms with Crippen molar-refractivity contribution in [3.63, 3.8) is 0 Å². The average molecular weight is 369 g/mol. The lowest BCUT2D eigenvalue weighted by atomic mass is 10.1. The first kappa shape index (κ1) is 20.5. The number of methoxy groups -OCH3 is 1. The zero-order chi connectivity index (χ0) is 19.5. The van der Waals surface area contributed by atoms with Gasteiger partial charge in [0, 0.05) is 19.5 Å². The Balaban J connectivity index is 2.00. The Morgan fingerprint density at radius 1 is 0.926 bits per heavy atom. The Kier molecular flexibility index (Phi) is 8.36. The van der Waals surface area contributed by atoms with Gasteiger partial charge in [0.25, 0.3) is 0 Å². The number of aryl methyl sites for hydroxylation is 1. The number of rotatable bonds is 10. The fraction of sp³-hybridized carbons (Fsp3) is 0.364. The molecule has 0 aliphatic heterocycles. The summed E-state index contributed by atoms with van der Waals surface area (Å²) in [6.07, 6.45) is 1.28. The molecule has 0 saturated heterocycles. The molecule has 0 spiro atoms. The number of hydrogen-bond donors (Lipinski definition) is 0. The van der Waals surface area contributed by atoms with E-state index in [2.05, 4.69) is 0 Å². The number of nitrogens with zero attached hydrogens (tertiary/aromatic N) is 1. The average Bonchev–Trinajstić information content (AvgIpc) is 2.70. The first-order chi connectivity index (χ1) is 13.1. The van der Waals surface area contributed by atoms with Crippen molar-refractivity contribution in [1.29, 1.82) is 0 Å². The van der Waals surface area contributed by atoms with Crippen LogP contribution in [0.25, 0.3) is 0 Å². The number of carbonyl (C=O) groups is 2. The van der Waals surface area contributed by atoms with Crippen molar-refractivity contribution in [3.8, 4) is 5.75 Å². The molecule has 0 atom stereocenters. The maximum absolute atomic E-state index is 12.8. The van der Waals surface area contributed by atoms with Crippen LogP contribution in [0.15, 0.2) is 54.6 Å². The molecule has 0 aliphatic carbocycles. The summed E-state index contributed by atoms with van der Waals surface area (Å²) in [7, 11) is 1.62. The van der Waals surface area contributed by atoms with Crippen LogP contribution in [0.3, 0.4) is 0 Å². The van der Waals surface area contributed by atoms with Gasteiger partial charge in [0.2, 0.25) is 5.91 Å². The standard InChI is InChI=1S/C22H27NO4/c1-3-27-22(25)15-16-23(17-19-9-12-20(26-2)13-10-19)21(24)14-11-18-7-5-4-6-8-18/h4-10,12-13H,3,11,14-17H2,1-2H3. The maximum atomic E-state index is 12.8. The molecule has 5 nitrogen and oxygen atoms in total. The smallest absolute Gasteiger partial charge is 0.307 e. The van der Waals surface area contributed by atoms with Gasteiger partial charge in [-0.25, -0.2) is 0 Å². The third kappa shape index (κ3) is 7.13. The second kappa shape index (κ2) is 11.0. The first-order valence-corrected chi connectivity index (χ1v) is 9.22. The van der Waals surface area contributed by atoms with E-state index in [0.29, 0.717) is 32.5 Å². The quantitative estimate of drug-likeness (QED) is 0.601. The van der Waals surface area contributed by atoms with Crippen LogP contribution in [-0.4, -0.2) is 37.0 Å². The van der Waals surface area contributed by atoms with Crippen molar-refractivity contribution >= 4 is 11.9 Å². The minimum Gasteiger partial charge on any atom is -0.497 e. The third-order valence-corrected chi connectivity index (χ3v) is 4.25. The molecule has 0 N–H and O–H groups in total. The lowest BCUT2D eigenvalue weighted by Crippen LogP contribution is -2.33. The van der Waals surface area contributed by atoms with E-state index in [9.17, 15) is 9.59 Å². The highest BCUT2D eigenvalue weighted by atomic mass is 16.5. The van der Waals surface area contributed by atoms with Gasteiger partial charge in [0.1, 0.15) is 5.75 Å². The minimum absolute atomic E-state index is 0.0268. The second-order valence-corrected chi connectivity index (χ2v) is 6.20. The number of amides is 1. The molecular formula is C22H27NO4. The molecule has 1 amide bonds. The van der Waals surface area contributed by atoms with Gasteiger partial charge in [-0.1, -0.05) is 42.5 Å². The van der Waals surface area contributed by atoms with E-state index in [4.69, 9.17) is 9.47 Å². The highest BCUT2D eigenvalue weighted by molar-refractivity contribution is 5.77. The molecule has 0 bridgehead atoms. The van der Waals surface area contributed by atoms with Gasteiger partial charge in [-0.05, 0) is 36.6 Å². The zero-order valence-corrected chi connectivity index (χ0v) is 16.0. The number of carbonyl (C=O) groups excluding carboxylic acids is 2. The van der Waals surface area contributed by atoms with Crippen LogP contribution in [0, 0.1) is 0 Å². The summed E-state index contributed by atoms with van der Waals surface area (Å²) < 4.78 is 10.2. The topological polar surface area (TPSA) is 55.8 Å². The van der Waals surface area contributed by atoms with Crippen molar-refractivity contribution in [2.24, 2.45) is 0 Å². The molecule has 2 rings (SSSR count). The van der Waals surface area contributed by atoms with E-state index < -0.39 is 0 Å². The molecule has 0 unspecified atom stereocenters. The van der Waals surface area contributed by atoms with Crippen LogP contribution >= 0.6 is 0 Å². The van der Waals surface area contributed by atoms with E-state index >= 15 is 0 Å². The summed E-state index contributed by atoms with van der Waals surface area (Å²) >= 11 is 0. The summed E-state index contributed by atoms with van der Waals surface area (Å²) in [5.74, 6) is 0.513. The maximum Gasteiger partial charge on any atom is 0.307 e. The van der Waals surface area contributed by atoms with Gasteiger partial charge in [0.05, 0.1) is 20.1 Å². The van der Waals surface area contributed by atoms with Crippen molar-refractivity contribution in [1.82, 2.24) is 4.90 Å². The summed E-state index contributed by atoms with van der Waals surface area (Å²) in [6, 6.07) is 17.5. The highest BCUT2D eigenvalue weighted by Crippen LogP contribution is 2.15. The molecule has 5 heteroatoms. The fourth-order valence-corrected chi connectivity index (χ4v) is 2.76. The third-order valence-electron chi connectivity index (χ3n) is 4.25. The van der Waals surface area contributed by atoms with Crippen LogP contribution in [0.1, 0.15) is 30.9 Å². The van der Waals surface area contributed by atoms with Gasteiger partial charge >= 0.3 is 5.97 Å². The minimum atomic E-state index is -0.284. The Hall–Kier alpha value is -2.82. The summed E-state index contributed by atoms with van der Waals surface area (Å²) in [6.45, 7) is 2.92. The zero-order valence-electron chi connectivity index (χ0n) is 16.0. The van der Waals surface area contributed by atoms with Crippen molar-refractivity contribution in [2.45, 2.75) is 32.7 Å². The predicted molar refractivity (Wildman–Crippen MR) is 104 cm³/mol. The summed E-state index contributed by atoms with van der Waals surface area (Å²) in [5, 5.41) is 0. The van der Waals surface area contributed by atoms with Crippen molar-refractivity contribution in [2.75, 3.05) is 20.3 Å². The van der Waals surface area contributed by atoms with Gasteiger partial charge in [-0.15, -0.1) is 0 Å². The number of ether oxygens (including phenoxy) is 2. The molecule has 0 heterocycles. The van der Waals surface area contributed by atoms with Crippen LogP contribution in [0.5, 0.6) is 5.75 Å². The largest absolute Gasteiger partial charge is 0.497 e. The van der Waals surface area contributed by atoms with Crippen LogP contribution < -0.4 is 4.74 Å². The molecular weight excluding hydrogens is 342 g/mol. The van der Waals surface area contributed by atoms with Crippen molar-refractivity contribution < 1.29 is 19.1 Å². The van der Waals surface area contributed by atoms with E-state index in [1.807, 2.05) is 54.6 Å². The lowest BCUT2D eigenvalue weighted by molar-refractivity contribution is -0.144. The predicted octanol–water partition coefficient (Wildman–Crippen LogP) is 3.61. The monoisotopic (exact) mass is 369 g/mol. The molecule has 0 aliphatic rings. The van der Waals surface area contributed by atoms with Gasteiger partial charge < -0.3 is 14.4 Å². The Morgan fingerprint density at radius 3 is 2.26 bits per heavy atom. The van der Waals surface area contributed by atoms with Gasteiger partial charge in [-0.2, -0.15) is 0 Å². The fourth-order valence-electron chi connectivity index (χ4n) is 2.76. The van der Waals surface area contributed by atoms with E-state index in [1.165, 1.54) is 0 Å². The molecule has 0 radical (unpaired) electrons. The van der Waals surface area contributed by atoms with E-state index in [0.717, 1.165) is 16.9 Å². The normalized spacial score (nSPS) is 10.3. The van der Waals surface area contributed by atoms with E-state index in [1.54, 1.807) is 18.9 Å². The van der Waals surface area contributed by atoms with Crippen LogP contribution in [0.4, 0.5) is 0 Å². The SMILES string of the molecule is CCOC(=O)CCN(Cc1ccc(OC)cc1)C(=O)CCc1ccccc1. The molecule has 2 aromatic rings. The Labute approximate surface area is 160 Å². The summed E-state index contributed by atoms with van der Waals surface area (Å²) in [4.78, 5) is 26.2. The highest BCUT2D eigenvalue weighted by Gasteiger charge is 2.16. The van der Waals surface area contributed by atoms with Gasteiger partial charge in [-0.3, -0.25) is 9.59 Å². The molecule has 0 aromatic heterocycles. The van der Waals surface area contributed by atoms with E-state index in [-0.39, 0.29) is 18.3 Å². The van der Waals surface area contributed by atoms with Gasteiger partial charge in [0.15, 0.2) is 0 Å². The second-order valence-electron chi connectivity index (χ2n) is 6.20. The molecule has 0 fully saturated rings. The Morgan fingerprint density at radius 2 is 1.63 bits per heavy atom.